The minimum Gasteiger partial charge on any atom is -0.352 e. The molecule has 0 atom stereocenters. The summed E-state index contributed by atoms with van der Waals surface area (Å²) in [5, 5.41) is 2.78. The molecule has 1 amide bonds. The third kappa shape index (κ3) is 4.33. The summed E-state index contributed by atoms with van der Waals surface area (Å²) in [6.07, 6.45) is 1.16. The molecule has 0 saturated carbocycles. The van der Waals surface area contributed by atoms with Gasteiger partial charge in [0.2, 0.25) is 5.91 Å². The van der Waals surface area contributed by atoms with Gasteiger partial charge in [-0.15, -0.1) is 0 Å². The van der Waals surface area contributed by atoms with Gasteiger partial charge in [0, 0.05) is 19.3 Å². The molecule has 0 aliphatic heterocycles. The van der Waals surface area contributed by atoms with Crippen molar-refractivity contribution in [2.45, 2.75) is 25.3 Å². The summed E-state index contributed by atoms with van der Waals surface area (Å²) >= 11 is 0. The Morgan fingerprint density at radius 3 is 2.21 bits per heavy atom. The maximum atomic E-state index is 11.8. The largest absolute Gasteiger partial charge is 0.352 e. The first-order chi connectivity index (χ1) is 8.66. The second-order valence-corrected chi connectivity index (χ2v) is 7.20. The van der Waals surface area contributed by atoms with Crippen LogP contribution in [0, 0.1) is 5.41 Å². The maximum Gasteiger partial charge on any atom is 0.227 e. The summed E-state index contributed by atoms with van der Waals surface area (Å²) in [4.78, 5) is 12.1. The minimum atomic E-state index is -3.18. The third-order valence-corrected chi connectivity index (χ3v) is 4.06. The van der Waals surface area contributed by atoms with Crippen molar-refractivity contribution in [3.63, 3.8) is 0 Å². The lowest BCUT2D eigenvalue weighted by Gasteiger charge is -2.21. The maximum absolute atomic E-state index is 11.8. The number of nitrogens with one attached hydrogen (secondary N) is 1. The molecule has 0 unspecified atom stereocenters. The van der Waals surface area contributed by atoms with Crippen molar-refractivity contribution >= 4 is 15.7 Å². The lowest BCUT2D eigenvalue weighted by Crippen LogP contribution is -2.41. The lowest BCUT2D eigenvalue weighted by molar-refractivity contribution is -0.129. The molecule has 19 heavy (non-hydrogen) atoms. The summed E-state index contributed by atoms with van der Waals surface area (Å²) in [5.74, 6) is -0.123. The van der Waals surface area contributed by atoms with Gasteiger partial charge >= 0.3 is 0 Å². The van der Waals surface area contributed by atoms with Crippen LogP contribution in [0.3, 0.4) is 0 Å². The van der Waals surface area contributed by atoms with E-state index in [1.54, 1.807) is 26.0 Å². The molecule has 0 aliphatic rings. The molecule has 5 nitrogen and oxygen atoms in total. The number of sulfone groups is 1. The monoisotopic (exact) mass is 284 g/mol. The topological polar surface area (TPSA) is 89.3 Å². The van der Waals surface area contributed by atoms with E-state index >= 15 is 0 Å². The first kappa shape index (κ1) is 15.7. The molecule has 1 rings (SSSR count). The van der Waals surface area contributed by atoms with Crippen molar-refractivity contribution in [1.82, 2.24) is 5.32 Å². The third-order valence-electron chi connectivity index (χ3n) is 2.93. The molecule has 0 heterocycles. The Labute approximate surface area is 114 Å². The van der Waals surface area contributed by atoms with Crippen molar-refractivity contribution in [2.75, 3.05) is 12.8 Å². The van der Waals surface area contributed by atoms with Crippen LogP contribution >= 0.6 is 0 Å². The molecule has 0 radical (unpaired) electrons. The number of nitrogens with two attached hydrogens (primary N) is 1. The smallest absolute Gasteiger partial charge is 0.227 e. The molecular weight excluding hydrogens is 264 g/mol. The SMILES string of the molecule is CC(C)(CN)C(=O)NCc1ccc(S(C)(=O)=O)cc1. The molecular formula is C13H20N2O3S. The van der Waals surface area contributed by atoms with Gasteiger partial charge in [-0.05, 0) is 31.5 Å². The Balaban J connectivity index is 2.68. The van der Waals surface area contributed by atoms with Crippen LogP contribution in [0.1, 0.15) is 19.4 Å². The van der Waals surface area contributed by atoms with Gasteiger partial charge in [-0.3, -0.25) is 4.79 Å². The Hall–Kier alpha value is -1.40. The van der Waals surface area contributed by atoms with Crippen molar-refractivity contribution in [1.29, 1.82) is 0 Å². The Morgan fingerprint density at radius 2 is 1.79 bits per heavy atom. The van der Waals surface area contributed by atoms with E-state index < -0.39 is 15.3 Å². The van der Waals surface area contributed by atoms with E-state index in [0.717, 1.165) is 11.8 Å². The van der Waals surface area contributed by atoms with E-state index in [9.17, 15) is 13.2 Å². The fourth-order valence-electron chi connectivity index (χ4n) is 1.37. The summed E-state index contributed by atoms with van der Waals surface area (Å²) in [6, 6.07) is 6.44. The predicted molar refractivity (Wildman–Crippen MR) is 74.2 cm³/mol. The molecule has 1 aromatic rings. The van der Waals surface area contributed by atoms with Gasteiger partial charge in [-0.2, -0.15) is 0 Å². The van der Waals surface area contributed by atoms with Gasteiger partial charge in [0.1, 0.15) is 0 Å². The Kier molecular flexibility index (Phi) is 4.70. The van der Waals surface area contributed by atoms with Crippen LogP contribution in [0.4, 0.5) is 0 Å². The first-order valence-corrected chi connectivity index (χ1v) is 7.83. The highest BCUT2D eigenvalue weighted by atomic mass is 32.2. The van der Waals surface area contributed by atoms with E-state index in [0.29, 0.717) is 6.54 Å². The van der Waals surface area contributed by atoms with E-state index in [4.69, 9.17) is 5.73 Å². The molecule has 0 aromatic heterocycles. The zero-order valence-corrected chi connectivity index (χ0v) is 12.3. The summed E-state index contributed by atoms with van der Waals surface area (Å²) in [7, 11) is -3.18. The van der Waals surface area contributed by atoms with Crippen LogP contribution in [0.25, 0.3) is 0 Å². The normalized spacial score (nSPS) is 12.2. The molecule has 0 bridgehead atoms. The second kappa shape index (κ2) is 5.71. The van der Waals surface area contributed by atoms with Crippen molar-refractivity contribution in [3.8, 4) is 0 Å². The average Bonchev–Trinajstić information content (AvgIpc) is 2.35. The van der Waals surface area contributed by atoms with Crippen LogP contribution in [0.2, 0.25) is 0 Å². The van der Waals surface area contributed by atoms with Gasteiger partial charge in [-0.25, -0.2) is 8.42 Å². The Bertz CT molecular complexity index is 548. The molecule has 0 fully saturated rings. The molecule has 0 aliphatic carbocycles. The number of carbonyl (C=O) groups is 1. The van der Waals surface area contributed by atoms with Crippen LogP contribution < -0.4 is 11.1 Å². The quantitative estimate of drug-likeness (QED) is 0.832. The highest BCUT2D eigenvalue weighted by molar-refractivity contribution is 7.90. The standard InChI is InChI=1S/C13H20N2O3S/c1-13(2,9-14)12(16)15-8-10-4-6-11(7-5-10)19(3,17)18/h4-7H,8-9,14H2,1-3H3,(H,15,16). The van der Waals surface area contributed by atoms with Crippen molar-refractivity contribution < 1.29 is 13.2 Å². The lowest BCUT2D eigenvalue weighted by atomic mass is 9.92. The van der Waals surface area contributed by atoms with E-state index in [-0.39, 0.29) is 17.3 Å². The number of amides is 1. The average molecular weight is 284 g/mol. The van der Waals surface area contributed by atoms with E-state index in [1.165, 1.54) is 12.1 Å². The second-order valence-electron chi connectivity index (χ2n) is 5.19. The predicted octanol–water partition coefficient (Wildman–Crippen LogP) is 0.691. The minimum absolute atomic E-state index is 0.123. The van der Waals surface area contributed by atoms with Gasteiger partial charge in [-0.1, -0.05) is 12.1 Å². The summed E-state index contributed by atoms with van der Waals surface area (Å²) in [5.41, 5.74) is 5.75. The van der Waals surface area contributed by atoms with E-state index in [2.05, 4.69) is 5.32 Å². The molecule has 0 spiro atoms. The zero-order valence-electron chi connectivity index (χ0n) is 11.4. The number of hydrogen-bond donors (Lipinski definition) is 2. The molecule has 0 saturated heterocycles. The molecule has 3 N–H and O–H groups in total. The van der Waals surface area contributed by atoms with Crippen LogP contribution in [-0.2, 0) is 21.2 Å². The summed E-state index contributed by atoms with van der Waals surface area (Å²) in [6.45, 7) is 4.17. The van der Waals surface area contributed by atoms with Gasteiger partial charge in [0.15, 0.2) is 9.84 Å². The fraction of sp³-hybridized carbons (Fsp3) is 0.462. The van der Waals surface area contributed by atoms with Crippen LogP contribution in [0.15, 0.2) is 29.2 Å². The Morgan fingerprint density at radius 1 is 1.26 bits per heavy atom. The first-order valence-electron chi connectivity index (χ1n) is 5.94. The van der Waals surface area contributed by atoms with Gasteiger partial charge in [0.25, 0.3) is 0 Å². The zero-order chi connectivity index (χ0) is 14.7. The van der Waals surface area contributed by atoms with Crippen LogP contribution in [0.5, 0.6) is 0 Å². The number of benzene rings is 1. The fourth-order valence-corrected chi connectivity index (χ4v) is 2.00. The van der Waals surface area contributed by atoms with E-state index in [1.807, 2.05) is 0 Å². The number of rotatable bonds is 5. The van der Waals surface area contributed by atoms with Gasteiger partial charge < -0.3 is 11.1 Å². The molecule has 1 aromatic carbocycles. The van der Waals surface area contributed by atoms with Crippen molar-refractivity contribution in [3.05, 3.63) is 29.8 Å². The highest BCUT2D eigenvalue weighted by Crippen LogP contribution is 2.14. The van der Waals surface area contributed by atoms with Crippen molar-refractivity contribution in [2.24, 2.45) is 11.1 Å². The number of hydrogen-bond acceptors (Lipinski definition) is 4. The van der Waals surface area contributed by atoms with Gasteiger partial charge in [0.05, 0.1) is 10.3 Å². The highest BCUT2D eigenvalue weighted by Gasteiger charge is 2.25. The summed E-state index contributed by atoms with van der Waals surface area (Å²) < 4.78 is 22.6. The molecule has 106 valence electrons. The van der Waals surface area contributed by atoms with Crippen LogP contribution in [-0.4, -0.2) is 27.1 Å². The molecule has 6 heteroatoms. The number of carbonyl (C=O) groups excluding carboxylic acids is 1.